The van der Waals surface area contributed by atoms with Crippen molar-refractivity contribution < 1.29 is 0 Å². The first-order chi connectivity index (χ1) is 7.31. The topological polar surface area (TPSA) is 25.2 Å². The van der Waals surface area contributed by atoms with Gasteiger partial charge in [0.15, 0.2) is 0 Å². The molecule has 0 unspecified atom stereocenters. The van der Waals surface area contributed by atoms with E-state index in [0.29, 0.717) is 0 Å². The number of aliphatic imine (C=N–C) groups is 1. The van der Waals surface area contributed by atoms with E-state index in [1.807, 2.05) is 24.4 Å². The van der Waals surface area contributed by atoms with Crippen LogP contribution >= 0.6 is 12.6 Å². The molecule has 3 heteroatoms. The fraction of sp³-hybridized carbons (Fsp3) is 0. The maximum Gasteiger partial charge on any atom is 0.0400 e. The molecule has 2 rings (SSSR count). The van der Waals surface area contributed by atoms with E-state index in [1.54, 1.807) is 12.4 Å². The lowest BCUT2D eigenvalue weighted by Gasteiger charge is -2.01. The highest BCUT2D eigenvalue weighted by Gasteiger charge is 1.98. The van der Waals surface area contributed by atoms with Crippen molar-refractivity contribution in [3.63, 3.8) is 0 Å². The number of benzene rings is 1. The summed E-state index contributed by atoms with van der Waals surface area (Å²) < 4.78 is 0. The molecule has 1 heterocycles. The zero-order chi connectivity index (χ0) is 10.7. The lowest BCUT2D eigenvalue weighted by Crippen LogP contribution is -1.79. The van der Waals surface area contributed by atoms with E-state index in [9.17, 15) is 0 Å². The molecule has 74 valence electrons. The Morgan fingerprint density at radius 1 is 1.33 bits per heavy atom. The number of hydrogen-bond donors (Lipinski definition) is 1. The molecule has 0 saturated heterocycles. The molecule has 1 aromatic heterocycles. The maximum atomic E-state index is 4.34. The zero-order valence-electron chi connectivity index (χ0n) is 8.09. The quantitative estimate of drug-likeness (QED) is 0.603. The van der Waals surface area contributed by atoms with E-state index in [4.69, 9.17) is 0 Å². The molecular weight excluding hydrogens is 204 g/mol. The van der Waals surface area contributed by atoms with Gasteiger partial charge in [-0.25, -0.2) is 0 Å². The second kappa shape index (κ2) is 4.28. The first-order valence-electron chi connectivity index (χ1n) is 4.50. The van der Waals surface area contributed by atoms with E-state index >= 15 is 0 Å². The highest BCUT2D eigenvalue weighted by atomic mass is 32.1. The third-order valence-corrected chi connectivity index (χ3v) is 2.52. The van der Waals surface area contributed by atoms with Gasteiger partial charge in [-0.1, -0.05) is 12.1 Å². The molecule has 0 fully saturated rings. The standard InChI is InChI=1S/C12H10N2S/c1-13-8-12(15)10-2-3-11-7-14-5-4-9(11)6-10/h2-8,15H,1H2/b12-8-. The SMILES string of the molecule is C=N/C=C(\S)c1ccc2cnccc2c1. The number of pyridine rings is 1. The van der Waals surface area contributed by atoms with Crippen molar-refractivity contribution in [1.82, 2.24) is 4.98 Å². The van der Waals surface area contributed by atoms with E-state index in [-0.39, 0.29) is 0 Å². The van der Waals surface area contributed by atoms with E-state index in [1.165, 1.54) is 0 Å². The maximum absolute atomic E-state index is 4.34. The molecule has 1 aromatic carbocycles. The smallest absolute Gasteiger partial charge is 0.0400 e. The fourth-order valence-electron chi connectivity index (χ4n) is 1.40. The summed E-state index contributed by atoms with van der Waals surface area (Å²) in [5.74, 6) is 0. The number of aromatic nitrogens is 1. The zero-order valence-corrected chi connectivity index (χ0v) is 8.98. The monoisotopic (exact) mass is 214 g/mol. The molecule has 0 bridgehead atoms. The predicted molar refractivity (Wildman–Crippen MR) is 68.3 cm³/mol. The van der Waals surface area contributed by atoms with Crippen LogP contribution < -0.4 is 0 Å². The largest absolute Gasteiger partial charge is 0.271 e. The number of rotatable bonds is 2. The number of thiol groups is 1. The molecule has 15 heavy (non-hydrogen) atoms. The van der Waals surface area contributed by atoms with Crippen LogP contribution in [0, 0.1) is 0 Å². The third kappa shape index (κ3) is 2.07. The highest BCUT2D eigenvalue weighted by Crippen LogP contribution is 2.22. The number of nitrogens with zero attached hydrogens (tertiary/aromatic N) is 2. The Hall–Kier alpha value is -1.61. The predicted octanol–water partition coefficient (Wildman–Crippen LogP) is 3.16. The van der Waals surface area contributed by atoms with Crippen LogP contribution in [0.5, 0.6) is 0 Å². The van der Waals surface area contributed by atoms with E-state index in [2.05, 4.69) is 35.4 Å². The van der Waals surface area contributed by atoms with Crippen LogP contribution in [-0.2, 0) is 0 Å². The van der Waals surface area contributed by atoms with Gasteiger partial charge in [0.25, 0.3) is 0 Å². The summed E-state index contributed by atoms with van der Waals surface area (Å²) >= 11 is 4.34. The number of fused-ring (bicyclic) bond motifs is 1. The summed E-state index contributed by atoms with van der Waals surface area (Å²) in [5, 5.41) is 2.26. The Morgan fingerprint density at radius 3 is 3.00 bits per heavy atom. The average molecular weight is 214 g/mol. The molecule has 0 radical (unpaired) electrons. The summed E-state index contributed by atoms with van der Waals surface area (Å²) in [7, 11) is 0. The van der Waals surface area contributed by atoms with Crippen molar-refractivity contribution in [3.05, 3.63) is 48.4 Å². The van der Waals surface area contributed by atoms with Gasteiger partial charge in [-0.15, -0.1) is 12.6 Å². The minimum atomic E-state index is 0.809. The van der Waals surface area contributed by atoms with Crippen molar-refractivity contribution in [2.45, 2.75) is 0 Å². The molecule has 2 aromatic rings. The minimum absolute atomic E-state index is 0.809. The van der Waals surface area contributed by atoms with Crippen LogP contribution in [0.2, 0.25) is 0 Å². The van der Waals surface area contributed by atoms with Crippen molar-refractivity contribution in [3.8, 4) is 0 Å². The lowest BCUT2D eigenvalue weighted by molar-refractivity contribution is 1.36. The fourth-order valence-corrected chi connectivity index (χ4v) is 1.62. The Bertz CT molecular complexity index is 532. The van der Waals surface area contributed by atoms with Gasteiger partial charge in [0.1, 0.15) is 0 Å². The van der Waals surface area contributed by atoms with Crippen LogP contribution in [-0.4, -0.2) is 11.7 Å². The number of hydrogen-bond acceptors (Lipinski definition) is 3. The summed E-state index contributed by atoms with van der Waals surface area (Å²) in [5.41, 5.74) is 1.03. The molecule has 0 spiro atoms. The molecule has 0 aliphatic rings. The van der Waals surface area contributed by atoms with Gasteiger partial charge in [0.05, 0.1) is 0 Å². The molecule has 2 nitrogen and oxygen atoms in total. The molecule has 0 aliphatic heterocycles. The summed E-state index contributed by atoms with van der Waals surface area (Å²) in [6.07, 6.45) is 5.25. The van der Waals surface area contributed by atoms with Crippen LogP contribution in [0.3, 0.4) is 0 Å². The van der Waals surface area contributed by atoms with Crippen LogP contribution in [0.1, 0.15) is 5.56 Å². The summed E-state index contributed by atoms with van der Waals surface area (Å²) in [6.45, 7) is 3.40. The van der Waals surface area contributed by atoms with Crippen molar-refractivity contribution in [1.29, 1.82) is 0 Å². The van der Waals surface area contributed by atoms with E-state index in [0.717, 1.165) is 21.2 Å². The first kappa shape index (κ1) is 9.93. The summed E-state index contributed by atoms with van der Waals surface area (Å²) in [4.78, 5) is 8.56. The minimum Gasteiger partial charge on any atom is -0.271 e. The summed E-state index contributed by atoms with van der Waals surface area (Å²) in [6, 6.07) is 8.04. The van der Waals surface area contributed by atoms with Crippen molar-refractivity contribution in [2.75, 3.05) is 0 Å². The average Bonchev–Trinajstić information content (AvgIpc) is 2.29. The van der Waals surface area contributed by atoms with E-state index < -0.39 is 0 Å². The van der Waals surface area contributed by atoms with Crippen molar-refractivity contribution in [2.24, 2.45) is 4.99 Å². The van der Waals surface area contributed by atoms with Crippen LogP contribution in [0.4, 0.5) is 0 Å². The second-order valence-corrected chi connectivity index (χ2v) is 3.62. The molecule has 0 saturated carbocycles. The second-order valence-electron chi connectivity index (χ2n) is 3.13. The van der Waals surface area contributed by atoms with Gasteiger partial charge in [0, 0.05) is 28.9 Å². The van der Waals surface area contributed by atoms with Crippen molar-refractivity contribution >= 4 is 35.0 Å². The van der Waals surface area contributed by atoms with Crippen LogP contribution in [0.25, 0.3) is 15.7 Å². The van der Waals surface area contributed by atoms with Crippen LogP contribution in [0.15, 0.2) is 47.9 Å². The molecule has 0 amide bonds. The van der Waals surface area contributed by atoms with Gasteiger partial charge in [-0.3, -0.25) is 9.98 Å². The molecule has 0 aliphatic carbocycles. The van der Waals surface area contributed by atoms with Gasteiger partial charge < -0.3 is 0 Å². The normalized spacial score (nSPS) is 11.7. The van der Waals surface area contributed by atoms with Gasteiger partial charge in [-0.05, 0) is 29.8 Å². The van der Waals surface area contributed by atoms with Gasteiger partial charge >= 0.3 is 0 Å². The first-order valence-corrected chi connectivity index (χ1v) is 4.95. The van der Waals surface area contributed by atoms with Gasteiger partial charge in [0.2, 0.25) is 0 Å². The third-order valence-electron chi connectivity index (χ3n) is 2.15. The Morgan fingerprint density at radius 2 is 2.20 bits per heavy atom. The lowest BCUT2D eigenvalue weighted by atomic mass is 10.1. The molecular formula is C12H10N2S. The Labute approximate surface area is 93.8 Å². The highest BCUT2D eigenvalue weighted by molar-refractivity contribution is 7.90. The van der Waals surface area contributed by atoms with Gasteiger partial charge in [-0.2, -0.15) is 0 Å². The Kier molecular flexibility index (Phi) is 2.83. The Balaban J connectivity index is 2.56. The molecule has 0 N–H and O–H groups in total. The molecule has 0 atom stereocenters.